The predicted molar refractivity (Wildman–Crippen MR) is 148 cm³/mol. The number of piperazine rings is 1. The van der Waals surface area contributed by atoms with Gasteiger partial charge in [0.15, 0.2) is 0 Å². The smallest absolute Gasteiger partial charge is 0.271 e. The molecule has 37 heavy (non-hydrogen) atoms. The highest BCUT2D eigenvalue weighted by Crippen LogP contribution is 2.44. The summed E-state index contributed by atoms with van der Waals surface area (Å²) in [5.41, 5.74) is 1.90. The fraction of sp³-hybridized carbons (Fsp3) is 0.556. The molecule has 2 aromatic rings. The number of likely N-dealkylation sites (N-methyl/N-ethyl adjacent to an activating group) is 1. The van der Waals surface area contributed by atoms with Crippen molar-refractivity contribution in [1.82, 2.24) is 9.80 Å². The second kappa shape index (κ2) is 11.3. The van der Waals surface area contributed by atoms with Crippen molar-refractivity contribution < 1.29 is 14.5 Å². The lowest BCUT2D eigenvalue weighted by Crippen LogP contribution is -2.45. The van der Waals surface area contributed by atoms with Gasteiger partial charge in [-0.1, -0.05) is 26.8 Å². The van der Waals surface area contributed by atoms with Gasteiger partial charge in [-0.15, -0.1) is 11.3 Å². The van der Waals surface area contributed by atoms with Crippen molar-refractivity contribution >= 4 is 39.5 Å². The number of non-ortho nitro benzene ring substituents is 1. The number of amides is 2. The van der Waals surface area contributed by atoms with Crippen molar-refractivity contribution in [2.45, 2.75) is 46.5 Å². The highest BCUT2D eigenvalue weighted by Gasteiger charge is 2.34. The average Bonchev–Trinajstić information content (AvgIpc) is 3.20. The van der Waals surface area contributed by atoms with Crippen LogP contribution in [0, 0.1) is 21.4 Å². The summed E-state index contributed by atoms with van der Waals surface area (Å²) in [4.78, 5) is 42.9. The molecule has 9 nitrogen and oxygen atoms in total. The summed E-state index contributed by atoms with van der Waals surface area (Å²) in [6.45, 7) is 11.3. The highest BCUT2D eigenvalue weighted by molar-refractivity contribution is 7.17. The Bertz CT molecular complexity index is 1160. The first-order valence-electron chi connectivity index (χ1n) is 12.9. The van der Waals surface area contributed by atoms with Gasteiger partial charge in [0.25, 0.3) is 11.6 Å². The number of carbonyl (C=O) groups is 2. The number of rotatable bonds is 7. The summed E-state index contributed by atoms with van der Waals surface area (Å²) in [5, 5.41) is 17.6. The number of nitro groups is 1. The van der Waals surface area contributed by atoms with Gasteiger partial charge < -0.3 is 20.4 Å². The van der Waals surface area contributed by atoms with Crippen molar-refractivity contribution in [3.63, 3.8) is 0 Å². The molecule has 1 fully saturated rings. The SMILES string of the molecule is CN1CCN(CCC(=O)Nc2sc3c(c2C(=O)Nc2cccc([N+](=O)[O-])c2)CC[C@H](C(C)(C)C)C3)CC1. The van der Waals surface area contributed by atoms with Gasteiger partial charge >= 0.3 is 0 Å². The molecular weight excluding hydrogens is 490 g/mol. The Balaban J connectivity index is 1.54. The molecule has 0 radical (unpaired) electrons. The van der Waals surface area contributed by atoms with Crippen molar-refractivity contribution in [3.05, 3.63) is 50.4 Å². The Kier molecular flexibility index (Phi) is 8.30. The molecular formula is C27H37N5O4S. The second-order valence-corrected chi connectivity index (χ2v) is 12.3. The van der Waals surface area contributed by atoms with Gasteiger partial charge in [-0.25, -0.2) is 0 Å². The Morgan fingerprint density at radius 3 is 2.57 bits per heavy atom. The van der Waals surface area contributed by atoms with Crippen LogP contribution in [0.4, 0.5) is 16.4 Å². The molecule has 0 unspecified atom stereocenters. The number of hydrogen-bond donors (Lipinski definition) is 2. The first kappa shape index (κ1) is 27.2. The van der Waals surface area contributed by atoms with E-state index >= 15 is 0 Å². The zero-order valence-corrected chi connectivity index (χ0v) is 23.0. The molecule has 0 bridgehead atoms. The normalized spacial score (nSPS) is 18.8. The molecule has 0 spiro atoms. The highest BCUT2D eigenvalue weighted by atomic mass is 32.1. The minimum Gasteiger partial charge on any atom is -0.322 e. The lowest BCUT2D eigenvalue weighted by molar-refractivity contribution is -0.384. The van der Waals surface area contributed by atoms with Crippen LogP contribution in [0.15, 0.2) is 24.3 Å². The van der Waals surface area contributed by atoms with E-state index < -0.39 is 4.92 Å². The van der Waals surface area contributed by atoms with E-state index in [2.05, 4.69) is 48.3 Å². The molecule has 200 valence electrons. The Morgan fingerprint density at radius 1 is 1.16 bits per heavy atom. The molecule has 2 N–H and O–H groups in total. The van der Waals surface area contributed by atoms with Crippen LogP contribution in [-0.2, 0) is 17.6 Å². The van der Waals surface area contributed by atoms with Gasteiger partial charge in [0.05, 0.1) is 10.5 Å². The summed E-state index contributed by atoms with van der Waals surface area (Å²) in [6, 6.07) is 5.92. The van der Waals surface area contributed by atoms with Gasteiger partial charge in [0.2, 0.25) is 5.91 Å². The summed E-state index contributed by atoms with van der Waals surface area (Å²) in [6.07, 6.45) is 2.98. The van der Waals surface area contributed by atoms with E-state index in [-0.39, 0.29) is 22.9 Å². The molecule has 2 amide bonds. The zero-order chi connectivity index (χ0) is 26.7. The van der Waals surface area contributed by atoms with E-state index in [0.717, 1.165) is 55.9 Å². The lowest BCUT2D eigenvalue weighted by atomic mass is 9.72. The maximum atomic E-state index is 13.5. The van der Waals surface area contributed by atoms with Gasteiger partial charge in [-0.2, -0.15) is 0 Å². The van der Waals surface area contributed by atoms with E-state index in [4.69, 9.17) is 0 Å². The average molecular weight is 528 g/mol. The van der Waals surface area contributed by atoms with E-state index in [1.807, 2.05) is 0 Å². The number of benzene rings is 1. The standard InChI is InChI=1S/C27H37N5O4S/c1-27(2,3)18-8-9-21-22(16-18)37-26(29-23(33)10-11-31-14-12-30(4)13-15-31)24(21)25(34)28-19-6-5-7-20(17-19)32(35)36/h5-7,17-18H,8-16H2,1-4H3,(H,28,34)(H,29,33)/t18-/m0/s1. The molecule has 1 saturated heterocycles. The number of hydrogen-bond acceptors (Lipinski definition) is 7. The van der Waals surface area contributed by atoms with E-state index in [0.29, 0.717) is 35.1 Å². The third kappa shape index (κ3) is 6.74. The quantitative estimate of drug-likeness (QED) is 0.401. The van der Waals surface area contributed by atoms with Crippen molar-refractivity contribution in [3.8, 4) is 0 Å². The van der Waals surface area contributed by atoms with Crippen LogP contribution in [0.3, 0.4) is 0 Å². The number of nitrogens with zero attached hydrogens (tertiary/aromatic N) is 3. The monoisotopic (exact) mass is 527 g/mol. The number of thiophene rings is 1. The fourth-order valence-electron chi connectivity index (χ4n) is 5.06. The van der Waals surface area contributed by atoms with E-state index in [1.165, 1.54) is 23.5 Å². The van der Waals surface area contributed by atoms with Crippen LogP contribution in [0.25, 0.3) is 0 Å². The number of fused-ring (bicyclic) bond motifs is 1. The van der Waals surface area contributed by atoms with Crippen LogP contribution < -0.4 is 10.6 Å². The number of nitro benzene ring substituents is 1. The number of carbonyl (C=O) groups excluding carboxylic acids is 2. The lowest BCUT2D eigenvalue weighted by Gasteiger charge is -2.33. The Morgan fingerprint density at radius 2 is 1.89 bits per heavy atom. The molecule has 2 aliphatic rings. The maximum absolute atomic E-state index is 13.5. The Hall–Kier alpha value is -2.82. The van der Waals surface area contributed by atoms with Crippen LogP contribution >= 0.6 is 11.3 Å². The van der Waals surface area contributed by atoms with E-state index in [9.17, 15) is 19.7 Å². The molecule has 1 atom stereocenters. The van der Waals surface area contributed by atoms with Crippen LogP contribution in [-0.4, -0.2) is 66.3 Å². The van der Waals surface area contributed by atoms with Gasteiger partial charge in [-0.05, 0) is 49.3 Å². The van der Waals surface area contributed by atoms with Crippen molar-refractivity contribution in [2.75, 3.05) is 50.4 Å². The third-order valence-electron chi connectivity index (χ3n) is 7.54. The first-order chi connectivity index (χ1) is 17.5. The van der Waals surface area contributed by atoms with Crippen LogP contribution in [0.2, 0.25) is 0 Å². The van der Waals surface area contributed by atoms with Crippen molar-refractivity contribution in [2.24, 2.45) is 11.3 Å². The molecule has 2 heterocycles. The maximum Gasteiger partial charge on any atom is 0.271 e. The molecule has 10 heteroatoms. The Labute approximate surface area is 222 Å². The van der Waals surface area contributed by atoms with Crippen LogP contribution in [0.5, 0.6) is 0 Å². The summed E-state index contributed by atoms with van der Waals surface area (Å²) in [7, 11) is 2.10. The minimum absolute atomic E-state index is 0.0874. The van der Waals surface area contributed by atoms with Gasteiger partial charge in [0, 0.05) is 61.8 Å². The van der Waals surface area contributed by atoms with Crippen molar-refractivity contribution in [1.29, 1.82) is 0 Å². The second-order valence-electron chi connectivity index (χ2n) is 11.2. The molecule has 1 aromatic heterocycles. The topological polar surface area (TPSA) is 108 Å². The van der Waals surface area contributed by atoms with Crippen LogP contribution in [0.1, 0.15) is 54.4 Å². The molecule has 0 saturated carbocycles. The number of anilines is 2. The summed E-state index contributed by atoms with van der Waals surface area (Å²) < 4.78 is 0. The van der Waals surface area contributed by atoms with Gasteiger partial charge in [0.1, 0.15) is 5.00 Å². The largest absolute Gasteiger partial charge is 0.322 e. The summed E-state index contributed by atoms with van der Waals surface area (Å²) in [5.74, 6) is 0.0444. The summed E-state index contributed by atoms with van der Waals surface area (Å²) >= 11 is 1.50. The zero-order valence-electron chi connectivity index (χ0n) is 22.1. The van der Waals surface area contributed by atoms with E-state index in [1.54, 1.807) is 12.1 Å². The first-order valence-corrected chi connectivity index (χ1v) is 13.7. The molecule has 4 rings (SSSR count). The molecule has 1 aliphatic heterocycles. The minimum atomic E-state index is -0.485. The molecule has 1 aromatic carbocycles. The van der Waals surface area contributed by atoms with Gasteiger partial charge in [-0.3, -0.25) is 19.7 Å². The molecule has 1 aliphatic carbocycles. The fourth-order valence-corrected chi connectivity index (χ4v) is 6.41. The third-order valence-corrected chi connectivity index (χ3v) is 8.71. The predicted octanol–water partition coefficient (Wildman–Crippen LogP) is 4.64. The number of nitrogens with one attached hydrogen (secondary N) is 2.